The molecule has 1 aliphatic rings. The van der Waals surface area contributed by atoms with Crippen LogP contribution in [0, 0.1) is 0 Å². The van der Waals surface area contributed by atoms with Crippen LogP contribution in [0.25, 0.3) is 0 Å². The maximum absolute atomic E-state index is 11.9. The number of benzene rings is 1. The van der Waals surface area contributed by atoms with Crippen LogP contribution in [0.2, 0.25) is 5.02 Å². The van der Waals surface area contributed by atoms with Crippen LogP contribution in [0.15, 0.2) is 18.2 Å². The molecule has 1 amide bonds. The number of rotatable bonds is 4. The zero-order valence-electron chi connectivity index (χ0n) is 11.6. The van der Waals surface area contributed by atoms with Gasteiger partial charge in [0.25, 0.3) is 0 Å². The minimum absolute atomic E-state index is 0.0228. The fraction of sp³-hybridized carbons (Fsp3) is 0.500. The van der Waals surface area contributed by atoms with E-state index >= 15 is 0 Å². The number of amides is 1. The number of carbonyl (C=O) groups is 1. The summed E-state index contributed by atoms with van der Waals surface area (Å²) in [6.45, 7) is 5.19. The van der Waals surface area contributed by atoms with Gasteiger partial charge in [-0.1, -0.05) is 11.6 Å². The van der Waals surface area contributed by atoms with Crippen molar-refractivity contribution >= 4 is 28.9 Å². The molecule has 1 unspecified atom stereocenters. The van der Waals surface area contributed by atoms with E-state index in [1.807, 2.05) is 0 Å². The van der Waals surface area contributed by atoms with Crippen LogP contribution in [0.5, 0.6) is 0 Å². The second-order valence-corrected chi connectivity index (χ2v) is 5.40. The first-order valence-corrected chi connectivity index (χ1v) is 7.10. The molecule has 5 nitrogen and oxygen atoms in total. The van der Waals surface area contributed by atoms with Gasteiger partial charge in [-0.2, -0.15) is 0 Å². The molecule has 20 heavy (non-hydrogen) atoms. The lowest BCUT2D eigenvalue weighted by Gasteiger charge is -2.32. The number of nitrogens with two attached hydrogens (primary N) is 1. The standard InChI is InChI=1S/C14H20ClN3O2/c1-10-9-20-7-6-18(10)5-4-14(19)17-11-2-3-12(15)13(16)8-11/h2-3,8,10H,4-7,9,16H2,1H3,(H,17,19). The molecule has 1 fully saturated rings. The molecule has 1 heterocycles. The van der Waals surface area contributed by atoms with Gasteiger partial charge in [-0.25, -0.2) is 0 Å². The number of hydrogen-bond acceptors (Lipinski definition) is 4. The summed E-state index contributed by atoms with van der Waals surface area (Å²) in [5.41, 5.74) is 6.84. The van der Waals surface area contributed by atoms with Crippen LogP contribution in [0.1, 0.15) is 13.3 Å². The van der Waals surface area contributed by atoms with Crippen molar-refractivity contribution in [2.45, 2.75) is 19.4 Å². The largest absolute Gasteiger partial charge is 0.397 e. The highest BCUT2D eigenvalue weighted by molar-refractivity contribution is 6.33. The van der Waals surface area contributed by atoms with Crippen molar-refractivity contribution in [2.75, 3.05) is 37.4 Å². The van der Waals surface area contributed by atoms with Crippen LogP contribution in [0.4, 0.5) is 11.4 Å². The number of carbonyl (C=O) groups excluding carboxylic acids is 1. The van der Waals surface area contributed by atoms with Gasteiger partial charge in [0, 0.05) is 31.2 Å². The van der Waals surface area contributed by atoms with E-state index in [4.69, 9.17) is 22.1 Å². The van der Waals surface area contributed by atoms with E-state index in [9.17, 15) is 4.79 Å². The summed E-state index contributed by atoms with van der Waals surface area (Å²) in [6.07, 6.45) is 0.451. The van der Waals surface area contributed by atoms with Crippen LogP contribution < -0.4 is 11.1 Å². The summed E-state index contributed by atoms with van der Waals surface area (Å²) in [4.78, 5) is 14.2. The second kappa shape index (κ2) is 6.92. The van der Waals surface area contributed by atoms with Crippen LogP contribution >= 0.6 is 11.6 Å². The van der Waals surface area contributed by atoms with Crippen LogP contribution in [-0.4, -0.2) is 43.2 Å². The summed E-state index contributed by atoms with van der Waals surface area (Å²) in [5.74, 6) is -0.0228. The quantitative estimate of drug-likeness (QED) is 0.834. The highest BCUT2D eigenvalue weighted by atomic mass is 35.5. The van der Waals surface area contributed by atoms with Gasteiger partial charge in [-0.3, -0.25) is 9.69 Å². The van der Waals surface area contributed by atoms with Gasteiger partial charge >= 0.3 is 0 Å². The molecule has 0 saturated carbocycles. The van der Waals surface area contributed by atoms with Crippen molar-refractivity contribution in [1.29, 1.82) is 0 Å². The summed E-state index contributed by atoms with van der Waals surface area (Å²) in [7, 11) is 0. The van der Waals surface area contributed by atoms with E-state index in [0.717, 1.165) is 26.3 Å². The first-order chi connectivity index (χ1) is 9.56. The minimum Gasteiger partial charge on any atom is -0.397 e. The number of nitrogens with zero attached hydrogens (tertiary/aromatic N) is 1. The molecule has 1 aromatic carbocycles. The fourth-order valence-corrected chi connectivity index (χ4v) is 2.30. The Labute approximate surface area is 124 Å². The van der Waals surface area contributed by atoms with Crippen molar-refractivity contribution in [1.82, 2.24) is 4.90 Å². The normalized spacial score (nSPS) is 19.8. The molecular weight excluding hydrogens is 278 g/mol. The molecule has 0 aromatic heterocycles. The van der Waals surface area contributed by atoms with Crippen molar-refractivity contribution in [3.05, 3.63) is 23.2 Å². The number of halogens is 1. The smallest absolute Gasteiger partial charge is 0.225 e. The Bertz CT molecular complexity index is 481. The van der Waals surface area contributed by atoms with Crippen LogP contribution in [0.3, 0.4) is 0 Å². The summed E-state index contributed by atoms with van der Waals surface area (Å²) in [6, 6.07) is 5.45. The second-order valence-electron chi connectivity index (χ2n) is 4.99. The first-order valence-electron chi connectivity index (χ1n) is 6.73. The molecule has 0 spiro atoms. The van der Waals surface area contributed by atoms with Crippen molar-refractivity contribution < 1.29 is 9.53 Å². The third kappa shape index (κ3) is 4.10. The Hall–Kier alpha value is -1.30. The van der Waals surface area contributed by atoms with Gasteiger partial charge in [-0.05, 0) is 25.1 Å². The summed E-state index contributed by atoms with van der Waals surface area (Å²) in [5, 5.41) is 3.32. The van der Waals surface area contributed by atoms with Gasteiger partial charge in [0.1, 0.15) is 0 Å². The molecule has 110 valence electrons. The Kier molecular flexibility index (Phi) is 5.23. The number of nitrogens with one attached hydrogen (secondary N) is 1. The predicted molar refractivity (Wildman–Crippen MR) is 81.0 cm³/mol. The Morgan fingerprint density at radius 2 is 2.40 bits per heavy atom. The number of ether oxygens (including phenoxy) is 1. The zero-order chi connectivity index (χ0) is 14.5. The number of hydrogen-bond donors (Lipinski definition) is 2. The van der Waals surface area contributed by atoms with E-state index in [2.05, 4.69) is 17.1 Å². The minimum atomic E-state index is -0.0228. The predicted octanol–water partition coefficient (Wildman–Crippen LogP) is 1.97. The monoisotopic (exact) mass is 297 g/mol. The van der Waals surface area contributed by atoms with E-state index in [1.165, 1.54) is 0 Å². The molecule has 3 N–H and O–H groups in total. The molecule has 0 bridgehead atoms. The maximum Gasteiger partial charge on any atom is 0.225 e. The average Bonchev–Trinajstić information content (AvgIpc) is 2.42. The molecule has 6 heteroatoms. The molecule has 1 aromatic rings. The van der Waals surface area contributed by atoms with Crippen molar-refractivity contribution in [2.24, 2.45) is 0 Å². The van der Waals surface area contributed by atoms with Crippen LogP contribution in [-0.2, 0) is 9.53 Å². The average molecular weight is 298 g/mol. The fourth-order valence-electron chi connectivity index (χ4n) is 2.18. The Balaban J connectivity index is 1.81. The van der Waals surface area contributed by atoms with E-state index < -0.39 is 0 Å². The van der Waals surface area contributed by atoms with Gasteiger partial charge in [-0.15, -0.1) is 0 Å². The highest BCUT2D eigenvalue weighted by Gasteiger charge is 2.19. The van der Waals surface area contributed by atoms with E-state index in [-0.39, 0.29) is 5.91 Å². The van der Waals surface area contributed by atoms with Gasteiger partial charge in [0.05, 0.1) is 23.9 Å². The molecule has 1 saturated heterocycles. The van der Waals surface area contributed by atoms with E-state index in [0.29, 0.717) is 28.9 Å². The van der Waals surface area contributed by atoms with E-state index in [1.54, 1.807) is 18.2 Å². The highest BCUT2D eigenvalue weighted by Crippen LogP contribution is 2.22. The number of morpholine rings is 1. The Morgan fingerprint density at radius 3 is 3.10 bits per heavy atom. The SMILES string of the molecule is CC1COCCN1CCC(=O)Nc1ccc(Cl)c(N)c1. The Morgan fingerprint density at radius 1 is 1.60 bits per heavy atom. The molecule has 0 radical (unpaired) electrons. The molecule has 1 aliphatic heterocycles. The molecular formula is C14H20ClN3O2. The zero-order valence-corrected chi connectivity index (χ0v) is 12.3. The lowest BCUT2D eigenvalue weighted by atomic mass is 10.2. The third-order valence-electron chi connectivity index (χ3n) is 3.41. The van der Waals surface area contributed by atoms with Gasteiger partial charge < -0.3 is 15.8 Å². The molecule has 0 aliphatic carbocycles. The maximum atomic E-state index is 11.9. The van der Waals surface area contributed by atoms with Crippen molar-refractivity contribution in [3.63, 3.8) is 0 Å². The lowest BCUT2D eigenvalue weighted by Crippen LogP contribution is -2.44. The molecule has 1 atom stereocenters. The van der Waals surface area contributed by atoms with Gasteiger partial charge in [0.2, 0.25) is 5.91 Å². The van der Waals surface area contributed by atoms with Crippen molar-refractivity contribution in [3.8, 4) is 0 Å². The summed E-state index contributed by atoms with van der Waals surface area (Å²) >= 11 is 5.84. The topological polar surface area (TPSA) is 67.6 Å². The third-order valence-corrected chi connectivity index (χ3v) is 3.76. The summed E-state index contributed by atoms with van der Waals surface area (Å²) < 4.78 is 5.37. The lowest BCUT2D eigenvalue weighted by molar-refractivity contribution is -0.117. The number of nitrogen functional groups attached to an aromatic ring is 1. The first kappa shape index (κ1) is 15.1. The van der Waals surface area contributed by atoms with Gasteiger partial charge in [0.15, 0.2) is 0 Å². The number of anilines is 2. The molecule has 2 rings (SSSR count).